The van der Waals surface area contributed by atoms with Gasteiger partial charge in [0.05, 0.1) is 22.2 Å². The fraction of sp³-hybridized carbons (Fsp3) is 0.296. The number of likely N-dealkylation sites (N-methyl/N-ethyl adjacent to an activating group) is 1. The number of ether oxygens (including phenoxy) is 1. The Morgan fingerprint density at radius 1 is 1.03 bits per heavy atom. The van der Waals surface area contributed by atoms with Gasteiger partial charge in [-0.2, -0.15) is 23.1 Å². The lowest BCUT2D eigenvalue weighted by molar-refractivity contribution is -0.136. The van der Waals surface area contributed by atoms with E-state index in [2.05, 4.69) is 25.2 Å². The van der Waals surface area contributed by atoms with Crippen LogP contribution in [0.1, 0.15) is 27.9 Å². The van der Waals surface area contributed by atoms with Crippen LogP contribution in [-0.2, 0) is 12.6 Å². The highest BCUT2D eigenvalue weighted by atomic mass is 19.4. The molecule has 196 valence electrons. The number of hydrogen-bond acceptors (Lipinski definition) is 7. The van der Waals surface area contributed by atoms with Gasteiger partial charge in [0.2, 0.25) is 11.8 Å². The molecule has 2 aromatic carbocycles. The number of hydrogen-bond donors (Lipinski definition) is 2. The van der Waals surface area contributed by atoms with Crippen molar-refractivity contribution in [3.05, 3.63) is 65.4 Å². The number of carbonyl (C=O) groups excluding carboxylic acids is 1. The Bertz CT molecular complexity index is 1530. The Labute approximate surface area is 216 Å². The minimum Gasteiger partial charge on any atom is -0.437 e. The maximum Gasteiger partial charge on any atom is 0.418 e. The number of nitrogens with zero attached hydrogens (tertiary/aromatic N) is 4. The summed E-state index contributed by atoms with van der Waals surface area (Å²) in [5, 5.41) is 3.29. The van der Waals surface area contributed by atoms with Gasteiger partial charge in [0.1, 0.15) is 11.4 Å². The van der Waals surface area contributed by atoms with E-state index in [1.807, 2.05) is 18.0 Å². The van der Waals surface area contributed by atoms with Crippen molar-refractivity contribution in [1.82, 2.24) is 19.9 Å². The Hall–Kier alpha value is -4.12. The number of nitrogens with one attached hydrogen (secondary N) is 2. The molecule has 3 heterocycles. The van der Waals surface area contributed by atoms with Crippen molar-refractivity contribution in [1.29, 1.82) is 0 Å². The van der Waals surface area contributed by atoms with Crippen LogP contribution in [0.4, 0.5) is 30.5 Å². The third-order valence-electron chi connectivity index (χ3n) is 7.02. The summed E-state index contributed by atoms with van der Waals surface area (Å²) in [6.07, 6.45) is -1.89. The molecule has 0 atom stereocenters. The van der Waals surface area contributed by atoms with Crippen molar-refractivity contribution in [3.8, 4) is 11.6 Å². The molecule has 0 amide bonds. The second-order valence-corrected chi connectivity index (χ2v) is 9.55. The summed E-state index contributed by atoms with van der Waals surface area (Å²) in [5.74, 6) is 0.425. The number of rotatable bonds is 5. The minimum atomic E-state index is -4.59. The number of piperazine rings is 1. The standard InChI is InChI=1S/C27H25F3N6O2/c1-35-11-13-36(14-12-35)17-6-7-20(19(15-17)27(28,29)30)32-26-33-24-18(9-10-31-24)25(34-26)38-22-4-2-3-16-5-8-21(37)23(16)22/h2-4,6-7,9-10,15H,5,8,11-14H2,1H3,(H2,31,32,33,34). The number of aromatic amines is 1. The highest BCUT2D eigenvalue weighted by molar-refractivity contribution is 6.03. The van der Waals surface area contributed by atoms with Gasteiger partial charge in [-0.05, 0) is 49.4 Å². The van der Waals surface area contributed by atoms with Gasteiger partial charge in [-0.15, -0.1) is 0 Å². The monoisotopic (exact) mass is 522 g/mol. The SMILES string of the molecule is CN1CCN(c2ccc(Nc3nc(Oc4cccc5c4C(=O)CC5)c4cc[nH]c4n3)c(C(F)(F)F)c2)CC1. The van der Waals surface area contributed by atoms with E-state index in [1.165, 1.54) is 6.07 Å². The average molecular weight is 523 g/mol. The molecule has 0 unspecified atom stereocenters. The quantitative estimate of drug-likeness (QED) is 0.363. The van der Waals surface area contributed by atoms with Crippen LogP contribution in [0.25, 0.3) is 11.0 Å². The summed E-state index contributed by atoms with van der Waals surface area (Å²) < 4.78 is 48.5. The van der Waals surface area contributed by atoms with Gasteiger partial charge in [-0.25, -0.2) is 0 Å². The third kappa shape index (κ3) is 4.53. The molecule has 0 saturated carbocycles. The number of alkyl halides is 3. The first-order valence-corrected chi connectivity index (χ1v) is 12.4. The van der Waals surface area contributed by atoms with E-state index in [0.717, 1.165) is 24.7 Å². The number of aryl methyl sites for hydroxylation is 1. The molecule has 11 heteroatoms. The third-order valence-corrected chi connectivity index (χ3v) is 7.02. The zero-order valence-electron chi connectivity index (χ0n) is 20.6. The van der Waals surface area contributed by atoms with Crippen molar-refractivity contribution in [2.24, 2.45) is 0 Å². The Balaban J connectivity index is 1.35. The molecule has 1 saturated heterocycles. The summed E-state index contributed by atoms with van der Waals surface area (Å²) in [4.78, 5) is 28.3. The van der Waals surface area contributed by atoms with Crippen LogP contribution in [0.3, 0.4) is 0 Å². The average Bonchev–Trinajstić information content (AvgIpc) is 3.52. The molecule has 1 aliphatic heterocycles. The van der Waals surface area contributed by atoms with Gasteiger partial charge in [0.25, 0.3) is 0 Å². The maximum absolute atomic E-state index is 14.1. The van der Waals surface area contributed by atoms with Crippen LogP contribution in [0.15, 0.2) is 48.7 Å². The van der Waals surface area contributed by atoms with Gasteiger partial charge >= 0.3 is 6.18 Å². The molecule has 8 nitrogen and oxygen atoms in total. The smallest absolute Gasteiger partial charge is 0.418 e. The van der Waals surface area contributed by atoms with E-state index < -0.39 is 11.7 Å². The molecule has 0 bridgehead atoms. The van der Waals surface area contributed by atoms with Crippen LogP contribution in [0.2, 0.25) is 0 Å². The highest BCUT2D eigenvalue weighted by Gasteiger charge is 2.35. The molecule has 6 rings (SSSR count). The molecule has 0 radical (unpaired) electrons. The first kappa shape index (κ1) is 24.2. The lowest BCUT2D eigenvalue weighted by atomic mass is 10.1. The number of benzene rings is 2. The summed E-state index contributed by atoms with van der Waals surface area (Å²) in [5.41, 5.74) is 1.35. The minimum absolute atomic E-state index is 0.0106. The Kier molecular flexibility index (Phi) is 5.94. The predicted octanol–water partition coefficient (Wildman–Crippen LogP) is 5.39. The number of ketones is 1. The predicted molar refractivity (Wildman–Crippen MR) is 137 cm³/mol. The topological polar surface area (TPSA) is 86.4 Å². The molecule has 2 aromatic heterocycles. The van der Waals surface area contributed by atoms with E-state index >= 15 is 0 Å². The van der Waals surface area contributed by atoms with Gasteiger partial charge in [0, 0.05) is 44.5 Å². The Morgan fingerprint density at radius 3 is 2.63 bits per heavy atom. The molecular formula is C27H25F3N6O2. The number of carbonyl (C=O) groups is 1. The van der Waals surface area contributed by atoms with Gasteiger partial charge in [-0.3, -0.25) is 4.79 Å². The number of H-pyrrole nitrogens is 1. The molecule has 2 aliphatic rings. The largest absolute Gasteiger partial charge is 0.437 e. The second kappa shape index (κ2) is 9.32. The van der Waals surface area contributed by atoms with Gasteiger partial charge in [0.15, 0.2) is 5.78 Å². The number of halogens is 3. The van der Waals surface area contributed by atoms with Crippen LogP contribution < -0.4 is 15.0 Å². The molecule has 2 N–H and O–H groups in total. The number of fused-ring (bicyclic) bond motifs is 2. The van der Waals surface area contributed by atoms with E-state index in [-0.39, 0.29) is 23.3 Å². The maximum atomic E-state index is 14.1. The van der Waals surface area contributed by atoms with E-state index in [0.29, 0.717) is 54.0 Å². The molecule has 0 spiro atoms. The van der Waals surface area contributed by atoms with E-state index in [4.69, 9.17) is 4.74 Å². The van der Waals surface area contributed by atoms with Crippen LogP contribution >= 0.6 is 0 Å². The first-order valence-electron chi connectivity index (χ1n) is 12.4. The zero-order valence-corrected chi connectivity index (χ0v) is 20.6. The fourth-order valence-electron chi connectivity index (χ4n) is 4.97. The van der Waals surface area contributed by atoms with Crippen molar-refractivity contribution in [3.63, 3.8) is 0 Å². The fourth-order valence-corrected chi connectivity index (χ4v) is 4.97. The van der Waals surface area contributed by atoms with Crippen molar-refractivity contribution >= 4 is 34.1 Å². The highest BCUT2D eigenvalue weighted by Crippen LogP contribution is 2.40. The second-order valence-electron chi connectivity index (χ2n) is 9.55. The number of aromatic nitrogens is 3. The van der Waals surface area contributed by atoms with E-state index in [9.17, 15) is 18.0 Å². The summed E-state index contributed by atoms with van der Waals surface area (Å²) in [7, 11) is 1.99. The van der Waals surface area contributed by atoms with Crippen LogP contribution in [0.5, 0.6) is 11.6 Å². The van der Waals surface area contributed by atoms with Crippen molar-refractivity contribution in [2.75, 3.05) is 43.4 Å². The molecule has 38 heavy (non-hydrogen) atoms. The van der Waals surface area contributed by atoms with Gasteiger partial charge < -0.3 is 24.8 Å². The first-order chi connectivity index (χ1) is 18.3. The van der Waals surface area contributed by atoms with Crippen LogP contribution in [0, 0.1) is 0 Å². The molecule has 1 aliphatic carbocycles. The Morgan fingerprint density at radius 2 is 1.84 bits per heavy atom. The van der Waals surface area contributed by atoms with E-state index in [1.54, 1.807) is 30.5 Å². The lowest BCUT2D eigenvalue weighted by Crippen LogP contribution is -2.44. The number of anilines is 3. The van der Waals surface area contributed by atoms with Crippen molar-refractivity contribution < 1.29 is 22.7 Å². The molecule has 4 aromatic rings. The molecule has 1 fully saturated rings. The summed E-state index contributed by atoms with van der Waals surface area (Å²) >= 11 is 0. The van der Waals surface area contributed by atoms with Crippen molar-refractivity contribution in [2.45, 2.75) is 19.0 Å². The van der Waals surface area contributed by atoms with Gasteiger partial charge in [-0.1, -0.05) is 12.1 Å². The van der Waals surface area contributed by atoms with Crippen LogP contribution in [-0.4, -0.2) is 58.9 Å². The summed E-state index contributed by atoms with van der Waals surface area (Å²) in [6, 6.07) is 11.3. The lowest BCUT2D eigenvalue weighted by Gasteiger charge is -2.34. The normalized spacial score (nSPS) is 16.2. The summed E-state index contributed by atoms with van der Waals surface area (Å²) in [6.45, 7) is 2.87. The molecular weight excluding hydrogens is 497 g/mol. The number of Topliss-reactive ketones (excluding diaryl/α,β-unsaturated/α-hetero) is 1. The zero-order chi connectivity index (χ0) is 26.4.